The summed E-state index contributed by atoms with van der Waals surface area (Å²) in [5.74, 6) is -2.12. The quantitative estimate of drug-likeness (QED) is 0.157. The second-order valence-electron chi connectivity index (χ2n) is 20.6. The number of alkyl halides is 3. The van der Waals surface area contributed by atoms with E-state index in [0.29, 0.717) is 27.6 Å². The minimum absolute atomic E-state index is 0.106. The lowest BCUT2D eigenvalue weighted by molar-refractivity contribution is -0.137. The summed E-state index contributed by atoms with van der Waals surface area (Å²) < 4.78 is 83.3. The topological polar surface area (TPSA) is 9.86 Å². The van der Waals surface area contributed by atoms with Gasteiger partial charge < -0.3 is 9.13 Å². The summed E-state index contributed by atoms with van der Waals surface area (Å²) >= 11 is 0. The molecule has 0 aliphatic heterocycles. The minimum Gasteiger partial charge on any atom is -0.309 e. The van der Waals surface area contributed by atoms with E-state index in [1.54, 1.807) is 9.13 Å². The van der Waals surface area contributed by atoms with E-state index in [1.807, 2.05) is 48.5 Å². The summed E-state index contributed by atoms with van der Waals surface area (Å²) in [5.41, 5.74) is 4.62. The van der Waals surface area contributed by atoms with Crippen LogP contribution in [0.2, 0.25) is 0 Å². The summed E-state index contributed by atoms with van der Waals surface area (Å²) in [7, 11) is 0. The van der Waals surface area contributed by atoms with Gasteiger partial charge in [-0.15, -0.1) is 0 Å². The highest BCUT2D eigenvalue weighted by Gasteiger charge is 2.40. The van der Waals surface area contributed by atoms with Crippen LogP contribution in [0.5, 0.6) is 0 Å². The van der Waals surface area contributed by atoms with Crippen molar-refractivity contribution >= 4 is 43.6 Å². The third-order valence-corrected chi connectivity index (χ3v) is 12.1. The molecule has 0 atom stereocenters. The Morgan fingerprint density at radius 3 is 0.933 bits per heavy atom. The predicted octanol–water partition coefficient (Wildman–Crippen LogP) is 16.0. The van der Waals surface area contributed by atoms with Crippen LogP contribution in [0, 0.1) is 11.6 Å². The second kappa shape index (κ2) is 13.5. The normalized spacial score (nSPS) is 13.4. The van der Waals surface area contributed by atoms with Crippen LogP contribution >= 0.6 is 0 Å². The number of hydrogen-bond donors (Lipinski definition) is 0. The molecule has 0 aliphatic rings. The van der Waals surface area contributed by atoms with Crippen LogP contribution in [-0.4, -0.2) is 9.13 Å². The van der Waals surface area contributed by atoms with Crippen LogP contribution in [-0.2, 0) is 27.8 Å². The van der Waals surface area contributed by atoms with Crippen LogP contribution in [0.25, 0.3) is 66.1 Å². The zero-order valence-electron chi connectivity index (χ0n) is 36.6. The Labute approximate surface area is 349 Å². The smallest absolute Gasteiger partial charge is 0.309 e. The summed E-state index contributed by atoms with van der Waals surface area (Å²) in [5, 5.41) is 3.25. The number of hydrogen-bond acceptors (Lipinski definition) is 0. The summed E-state index contributed by atoms with van der Waals surface area (Å²) in [6, 6.07) is 30.8. The van der Waals surface area contributed by atoms with Crippen molar-refractivity contribution in [2.24, 2.45) is 0 Å². The first kappa shape index (κ1) is 41.3. The summed E-state index contributed by atoms with van der Waals surface area (Å²) in [6.07, 6.45) is -4.88. The molecule has 7 heteroatoms. The van der Waals surface area contributed by atoms with E-state index in [1.165, 1.54) is 18.2 Å². The van der Waals surface area contributed by atoms with Crippen molar-refractivity contribution in [1.82, 2.24) is 9.13 Å². The number of fused-ring (bicyclic) bond motifs is 6. The zero-order valence-corrected chi connectivity index (χ0v) is 36.6. The molecule has 2 nitrogen and oxygen atoms in total. The highest BCUT2D eigenvalue weighted by atomic mass is 19.4. The molecule has 8 rings (SSSR count). The molecule has 8 aromatic rings. The average molecular weight is 813 g/mol. The van der Waals surface area contributed by atoms with Crippen LogP contribution in [0.1, 0.15) is 111 Å². The Bertz CT molecular complexity index is 2700. The Morgan fingerprint density at radius 2 is 0.667 bits per heavy atom. The molecule has 0 unspecified atom stereocenters. The van der Waals surface area contributed by atoms with E-state index in [0.717, 1.165) is 55.9 Å². The number of nitrogens with zero attached hydrogens (tertiary/aromatic N) is 2. The van der Waals surface area contributed by atoms with Crippen LogP contribution in [0.3, 0.4) is 0 Å². The van der Waals surface area contributed by atoms with Crippen molar-refractivity contribution in [2.75, 3.05) is 0 Å². The van der Waals surface area contributed by atoms with E-state index < -0.39 is 23.4 Å². The largest absolute Gasteiger partial charge is 0.420 e. The van der Waals surface area contributed by atoms with Crippen LogP contribution < -0.4 is 0 Å². The molecule has 0 fully saturated rings. The Hall–Kier alpha value is -5.43. The van der Waals surface area contributed by atoms with Crippen LogP contribution in [0.4, 0.5) is 22.0 Å². The molecule has 2 aromatic heterocycles. The van der Waals surface area contributed by atoms with E-state index in [-0.39, 0.29) is 38.6 Å². The molecule has 60 heavy (non-hydrogen) atoms. The molecular weight excluding hydrogens is 760 g/mol. The van der Waals surface area contributed by atoms with Gasteiger partial charge in [0, 0.05) is 21.5 Å². The first-order valence-electron chi connectivity index (χ1n) is 20.6. The van der Waals surface area contributed by atoms with Crippen molar-refractivity contribution in [3.05, 3.63) is 143 Å². The molecule has 0 bridgehead atoms. The fourth-order valence-corrected chi connectivity index (χ4v) is 8.52. The Balaban J connectivity index is 1.65. The maximum Gasteiger partial charge on any atom is 0.420 e. The van der Waals surface area contributed by atoms with Crippen molar-refractivity contribution < 1.29 is 22.0 Å². The van der Waals surface area contributed by atoms with Crippen LogP contribution in [0.15, 0.2) is 103 Å². The van der Waals surface area contributed by atoms with Gasteiger partial charge in [0.15, 0.2) is 11.6 Å². The molecule has 0 N–H and O–H groups in total. The third kappa shape index (κ3) is 6.98. The average Bonchev–Trinajstić information content (AvgIpc) is 3.64. The van der Waals surface area contributed by atoms with Crippen molar-refractivity contribution in [1.29, 1.82) is 0 Å². The van der Waals surface area contributed by atoms with Gasteiger partial charge in [0.1, 0.15) is 5.56 Å². The Kier molecular flexibility index (Phi) is 9.32. The number of benzene rings is 6. The van der Waals surface area contributed by atoms with E-state index in [2.05, 4.69) is 107 Å². The first-order chi connectivity index (χ1) is 27.7. The van der Waals surface area contributed by atoms with E-state index in [9.17, 15) is 4.39 Å². The van der Waals surface area contributed by atoms with E-state index in [4.69, 9.17) is 0 Å². The molecule has 0 saturated heterocycles. The summed E-state index contributed by atoms with van der Waals surface area (Å²) in [6.45, 7) is 25.0. The minimum atomic E-state index is -4.88. The molecule has 6 aromatic carbocycles. The second-order valence-corrected chi connectivity index (χ2v) is 20.6. The molecular formula is C53H53F5N2. The molecule has 0 aliphatic carbocycles. The van der Waals surface area contributed by atoms with Gasteiger partial charge in [-0.2, -0.15) is 13.2 Å². The molecule has 0 spiro atoms. The van der Waals surface area contributed by atoms with Gasteiger partial charge in [0.25, 0.3) is 0 Å². The van der Waals surface area contributed by atoms with Crippen molar-refractivity contribution in [2.45, 2.75) is 111 Å². The maximum absolute atomic E-state index is 16.7. The SMILES string of the molecule is CC(C)(C)c1ccc2c3ccc(C(C)(C)C)cc3n(-c3cc(-c4ccc(F)c(F)c4)cc(-n4c5cc(C(C)(C)C)ccc5c5ccc(C(C)(C)C)cc54)c3C(F)(F)F)c2c1. The fourth-order valence-electron chi connectivity index (χ4n) is 8.52. The van der Waals surface area contributed by atoms with Gasteiger partial charge in [-0.25, -0.2) is 8.78 Å². The lowest BCUT2D eigenvalue weighted by Crippen LogP contribution is -2.17. The first-order valence-corrected chi connectivity index (χ1v) is 20.6. The molecule has 0 saturated carbocycles. The van der Waals surface area contributed by atoms with Gasteiger partial charge in [0.2, 0.25) is 0 Å². The van der Waals surface area contributed by atoms with Gasteiger partial charge in [-0.1, -0.05) is 138 Å². The predicted molar refractivity (Wildman–Crippen MR) is 240 cm³/mol. The standard InChI is InChI=1S/C53H53F5N2/c1-49(2,3)32-14-18-36-37-19-15-33(50(4,5)6)27-43(37)59(42(36)26-32)46-24-31(30-13-22-40(54)41(55)23-30)25-47(48(46)53(56,57)58)60-44-28-34(51(7,8)9)16-20-38(44)39-21-17-35(29-45(39)60)52(10,11)12/h13-29H,1-12H3. The molecule has 2 heterocycles. The highest BCUT2D eigenvalue weighted by Crippen LogP contribution is 2.48. The lowest BCUT2D eigenvalue weighted by atomic mass is 9.86. The van der Waals surface area contributed by atoms with Gasteiger partial charge >= 0.3 is 6.18 Å². The zero-order chi connectivity index (χ0) is 43.6. The third-order valence-electron chi connectivity index (χ3n) is 12.1. The highest BCUT2D eigenvalue weighted by molar-refractivity contribution is 6.11. The number of aromatic nitrogens is 2. The molecule has 0 radical (unpaired) electrons. The van der Waals surface area contributed by atoms with E-state index >= 15 is 17.6 Å². The van der Waals surface area contributed by atoms with Crippen molar-refractivity contribution in [3.8, 4) is 22.5 Å². The number of rotatable bonds is 3. The van der Waals surface area contributed by atoms with Gasteiger partial charge in [0.05, 0.1) is 33.4 Å². The number of halogens is 5. The maximum atomic E-state index is 16.7. The lowest BCUT2D eigenvalue weighted by Gasteiger charge is -2.25. The van der Waals surface area contributed by atoms with Gasteiger partial charge in [-0.3, -0.25) is 0 Å². The monoisotopic (exact) mass is 812 g/mol. The van der Waals surface area contributed by atoms with Gasteiger partial charge in [-0.05, 0) is 104 Å². The molecule has 0 amide bonds. The molecule has 310 valence electrons. The van der Waals surface area contributed by atoms with Crippen molar-refractivity contribution in [3.63, 3.8) is 0 Å². The fraction of sp³-hybridized carbons (Fsp3) is 0.321. The summed E-state index contributed by atoms with van der Waals surface area (Å²) in [4.78, 5) is 0. The Morgan fingerprint density at radius 1 is 0.350 bits per heavy atom.